The van der Waals surface area contributed by atoms with Crippen LogP contribution in [0.25, 0.3) is 22.3 Å². The summed E-state index contributed by atoms with van der Waals surface area (Å²) in [6.07, 6.45) is 1.16. The number of carbonyl (C=O) groups excluding carboxylic acids is 1. The maximum absolute atomic E-state index is 10.9. The lowest BCUT2D eigenvalue weighted by atomic mass is 10.0. The number of nitrogens with one attached hydrogen (secondary N) is 1. The van der Waals surface area contributed by atoms with Crippen molar-refractivity contribution in [2.24, 2.45) is 0 Å². The van der Waals surface area contributed by atoms with E-state index in [2.05, 4.69) is 15.2 Å². The van der Waals surface area contributed by atoms with E-state index >= 15 is 0 Å². The van der Waals surface area contributed by atoms with Crippen LogP contribution in [-0.4, -0.2) is 21.5 Å². The van der Waals surface area contributed by atoms with Crippen molar-refractivity contribution in [3.63, 3.8) is 0 Å². The highest BCUT2D eigenvalue weighted by Gasteiger charge is 2.13. The fourth-order valence-electron chi connectivity index (χ4n) is 2.38. The van der Waals surface area contributed by atoms with Crippen molar-refractivity contribution in [1.82, 2.24) is 15.2 Å². The summed E-state index contributed by atoms with van der Waals surface area (Å²) in [5, 5.41) is 7.52. The lowest BCUT2D eigenvalue weighted by Crippen LogP contribution is -1.95. The zero-order chi connectivity index (χ0) is 14.1. The van der Waals surface area contributed by atoms with Crippen molar-refractivity contribution >= 4 is 23.1 Å². The molecule has 3 rings (SSSR count). The van der Waals surface area contributed by atoms with Gasteiger partial charge in [-0.15, -0.1) is 0 Å². The highest BCUT2D eigenvalue weighted by Crippen LogP contribution is 2.28. The van der Waals surface area contributed by atoms with Gasteiger partial charge < -0.3 is 10.5 Å². The Kier molecular flexibility index (Phi) is 2.95. The molecule has 0 atom stereocenters. The Balaban J connectivity index is 2.28. The van der Waals surface area contributed by atoms with Gasteiger partial charge in [0.15, 0.2) is 11.5 Å². The number of anilines is 1. The van der Waals surface area contributed by atoms with E-state index in [0.717, 1.165) is 34.1 Å². The number of carbonyl (C=O) groups is 1. The Bertz CT molecular complexity index is 792. The van der Waals surface area contributed by atoms with Crippen LogP contribution in [-0.2, 0) is 11.2 Å². The van der Waals surface area contributed by atoms with E-state index in [-0.39, 0.29) is 0 Å². The van der Waals surface area contributed by atoms with Gasteiger partial charge in [-0.2, -0.15) is 5.10 Å². The predicted molar refractivity (Wildman–Crippen MR) is 78.2 cm³/mol. The molecule has 5 nitrogen and oxygen atoms in total. The summed E-state index contributed by atoms with van der Waals surface area (Å²) in [7, 11) is 0. The number of rotatable bonds is 3. The standard InChI is InChI=1S/C15H14N4O/c1-9-4-2-3-5-11(9)12-8-10(6-7-20)13-14(16)18-19-15(13)17-12/h2-5,7-8H,6H2,1H3,(H3,16,17,18,19). The molecule has 100 valence electrons. The second-order valence-corrected chi connectivity index (χ2v) is 4.68. The van der Waals surface area contributed by atoms with Crippen LogP contribution in [0.5, 0.6) is 0 Å². The summed E-state index contributed by atoms with van der Waals surface area (Å²) in [6.45, 7) is 2.03. The van der Waals surface area contributed by atoms with Crippen molar-refractivity contribution in [2.75, 3.05) is 5.73 Å². The molecular formula is C15H14N4O. The Hall–Kier alpha value is -2.69. The van der Waals surface area contributed by atoms with E-state index < -0.39 is 0 Å². The zero-order valence-corrected chi connectivity index (χ0v) is 11.1. The van der Waals surface area contributed by atoms with E-state index in [9.17, 15) is 4.79 Å². The molecule has 0 aliphatic rings. The number of hydrogen-bond acceptors (Lipinski definition) is 4. The van der Waals surface area contributed by atoms with Gasteiger partial charge in [-0.3, -0.25) is 5.10 Å². The number of nitrogens with zero attached hydrogens (tertiary/aromatic N) is 2. The Labute approximate surface area is 115 Å². The molecule has 1 aromatic carbocycles. The minimum atomic E-state index is 0.293. The molecule has 20 heavy (non-hydrogen) atoms. The van der Waals surface area contributed by atoms with Crippen LogP contribution >= 0.6 is 0 Å². The zero-order valence-electron chi connectivity index (χ0n) is 11.1. The average Bonchev–Trinajstić information content (AvgIpc) is 2.81. The summed E-state index contributed by atoms with van der Waals surface area (Å²) in [5.41, 5.74) is 10.3. The Morgan fingerprint density at radius 3 is 2.90 bits per heavy atom. The van der Waals surface area contributed by atoms with Crippen LogP contribution < -0.4 is 5.73 Å². The normalized spacial score (nSPS) is 10.8. The van der Waals surface area contributed by atoms with E-state index in [0.29, 0.717) is 17.9 Å². The molecule has 0 saturated heterocycles. The third-order valence-corrected chi connectivity index (χ3v) is 3.36. The first kappa shape index (κ1) is 12.3. The lowest BCUT2D eigenvalue weighted by Gasteiger charge is -2.07. The smallest absolute Gasteiger partial charge is 0.158 e. The van der Waals surface area contributed by atoms with E-state index in [1.165, 1.54) is 0 Å². The second kappa shape index (κ2) is 4.77. The van der Waals surface area contributed by atoms with Gasteiger partial charge in [0.25, 0.3) is 0 Å². The molecule has 0 amide bonds. The van der Waals surface area contributed by atoms with E-state index in [1.54, 1.807) is 0 Å². The first-order chi connectivity index (χ1) is 9.70. The van der Waals surface area contributed by atoms with Crippen molar-refractivity contribution in [2.45, 2.75) is 13.3 Å². The van der Waals surface area contributed by atoms with Crippen molar-refractivity contribution in [1.29, 1.82) is 0 Å². The summed E-state index contributed by atoms with van der Waals surface area (Å²) >= 11 is 0. The molecule has 0 radical (unpaired) electrons. The van der Waals surface area contributed by atoms with E-state index in [4.69, 9.17) is 5.73 Å². The monoisotopic (exact) mass is 266 g/mol. The fourth-order valence-corrected chi connectivity index (χ4v) is 2.38. The molecule has 0 aliphatic heterocycles. The number of aromatic nitrogens is 3. The van der Waals surface area contributed by atoms with Gasteiger partial charge in [0.05, 0.1) is 11.1 Å². The van der Waals surface area contributed by atoms with Crippen LogP contribution in [0.2, 0.25) is 0 Å². The number of fused-ring (bicyclic) bond motifs is 1. The maximum atomic E-state index is 10.9. The molecular weight excluding hydrogens is 252 g/mol. The predicted octanol–water partition coefficient (Wildman–Crippen LogP) is 2.26. The first-order valence-electron chi connectivity index (χ1n) is 6.34. The number of aldehydes is 1. The molecule has 0 fully saturated rings. The topological polar surface area (TPSA) is 84.7 Å². The summed E-state index contributed by atoms with van der Waals surface area (Å²) < 4.78 is 0. The van der Waals surface area contributed by atoms with Gasteiger partial charge in [0, 0.05) is 12.0 Å². The minimum absolute atomic E-state index is 0.293. The van der Waals surface area contributed by atoms with Crippen LogP contribution in [0.15, 0.2) is 30.3 Å². The van der Waals surface area contributed by atoms with Crippen molar-refractivity contribution in [3.8, 4) is 11.3 Å². The molecule has 0 aliphatic carbocycles. The van der Waals surface area contributed by atoms with Crippen molar-refractivity contribution < 1.29 is 4.79 Å². The molecule has 3 aromatic rings. The molecule has 0 spiro atoms. The Morgan fingerprint density at radius 1 is 1.35 bits per heavy atom. The van der Waals surface area contributed by atoms with Gasteiger partial charge in [-0.25, -0.2) is 4.98 Å². The van der Waals surface area contributed by atoms with Crippen molar-refractivity contribution in [3.05, 3.63) is 41.5 Å². The molecule has 2 heterocycles. The summed E-state index contributed by atoms with van der Waals surface area (Å²) in [5.74, 6) is 0.376. The number of hydrogen-bond donors (Lipinski definition) is 2. The average molecular weight is 266 g/mol. The van der Waals surface area contributed by atoms with E-state index in [1.807, 2.05) is 37.3 Å². The number of H-pyrrole nitrogens is 1. The molecule has 0 unspecified atom stereocenters. The van der Waals surface area contributed by atoms with Gasteiger partial charge >= 0.3 is 0 Å². The minimum Gasteiger partial charge on any atom is -0.382 e. The van der Waals surface area contributed by atoms with Crippen LogP contribution in [0, 0.1) is 6.92 Å². The van der Waals surface area contributed by atoms with Gasteiger partial charge in [-0.05, 0) is 24.1 Å². The molecule has 0 saturated carbocycles. The number of nitrogens with two attached hydrogens (primary N) is 1. The Morgan fingerprint density at radius 2 is 2.15 bits per heavy atom. The maximum Gasteiger partial charge on any atom is 0.158 e. The highest BCUT2D eigenvalue weighted by atomic mass is 16.1. The largest absolute Gasteiger partial charge is 0.382 e. The van der Waals surface area contributed by atoms with Crippen LogP contribution in [0.3, 0.4) is 0 Å². The van der Waals surface area contributed by atoms with Gasteiger partial charge in [0.1, 0.15) is 6.29 Å². The third kappa shape index (κ3) is 1.93. The lowest BCUT2D eigenvalue weighted by molar-refractivity contribution is -0.107. The van der Waals surface area contributed by atoms with Crippen LogP contribution in [0.4, 0.5) is 5.82 Å². The molecule has 3 N–H and O–H groups in total. The van der Waals surface area contributed by atoms with Gasteiger partial charge in [-0.1, -0.05) is 24.3 Å². The number of pyridine rings is 1. The SMILES string of the molecule is Cc1ccccc1-c1cc(CC=O)c2c(N)n[nH]c2n1. The fraction of sp³-hybridized carbons (Fsp3) is 0.133. The number of nitrogen functional groups attached to an aromatic ring is 1. The third-order valence-electron chi connectivity index (χ3n) is 3.36. The number of aromatic amines is 1. The highest BCUT2D eigenvalue weighted by molar-refractivity contribution is 5.92. The molecule has 2 aromatic heterocycles. The second-order valence-electron chi connectivity index (χ2n) is 4.68. The number of aryl methyl sites for hydroxylation is 1. The van der Waals surface area contributed by atoms with Gasteiger partial charge in [0.2, 0.25) is 0 Å². The first-order valence-corrected chi connectivity index (χ1v) is 6.34. The molecule has 5 heteroatoms. The quantitative estimate of drug-likeness (QED) is 0.712. The molecule has 0 bridgehead atoms. The summed E-state index contributed by atoms with van der Waals surface area (Å²) in [4.78, 5) is 15.4. The number of benzene rings is 1. The van der Waals surface area contributed by atoms with Crippen LogP contribution in [0.1, 0.15) is 11.1 Å². The summed E-state index contributed by atoms with van der Waals surface area (Å²) in [6, 6.07) is 9.90.